The van der Waals surface area contributed by atoms with Crippen LogP contribution in [0.1, 0.15) is 43.5 Å². The monoisotopic (exact) mass is 611 g/mol. The van der Waals surface area contributed by atoms with Gasteiger partial charge in [-0.25, -0.2) is 4.98 Å². The van der Waals surface area contributed by atoms with Crippen LogP contribution in [0, 0.1) is 0 Å². The molecule has 2 atom stereocenters. The van der Waals surface area contributed by atoms with Crippen LogP contribution in [0.15, 0.2) is 71.6 Å². The zero-order valence-corrected chi connectivity index (χ0v) is 25.6. The first-order valence-corrected chi connectivity index (χ1v) is 16.1. The number of rotatable bonds is 9. The zero-order valence-electron chi connectivity index (χ0n) is 24.8. The first kappa shape index (κ1) is 29.9. The molecule has 0 saturated carbocycles. The second kappa shape index (κ2) is 13.2. The van der Waals surface area contributed by atoms with Crippen LogP contribution in [0.25, 0.3) is 22.2 Å². The van der Waals surface area contributed by atoms with Crippen molar-refractivity contribution < 1.29 is 19.1 Å². The van der Waals surface area contributed by atoms with Crippen LogP contribution in [0.4, 0.5) is 0 Å². The van der Waals surface area contributed by atoms with Crippen molar-refractivity contribution in [2.45, 2.75) is 56.0 Å². The van der Waals surface area contributed by atoms with E-state index in [9.17, 15) is 14.4 Å². The molecule has 3 N–H and O–H groups in total. The Kier molecular flexibility index (Phi) is 8.99. The molecule has 228 valence electrons. The number of likely N-dealkylation sites (tertiary alicyclic amines) is 1. The maximum atomic E-state index is 13.4. The second-order valence-corrected chi connectivity index (χ2v) is 12.6. The molecule has 10 heteroatoms. The van der Waals surface area contributed by atoms with Gasteiger partial charge in [-0.05, 0) is 60.2 Å². The lowest BCUT2D eigenvalue weighted by Gasteiger charge is -2.33. The van der Waals surface area contributed by atoms with E-state index >= 15 is 0 Å². The molecule has 2 amide bonds. The third-order valence-corrected chi connectivity index (χ3v) is 9.28. The molecular weight excluding hydrogens is 574 g/mol. The van der Waals surface area contributed by atoms with E-state index in [-0.39, 0.29) is 36.2 Å². The van der Waals surface area contributed by atoms with Gasteiger partial charge in [0.25, 0.3) is 0 Å². The van der Waals surface area contributed by atoms with Crippen molar-refractivity contribution in [3.05, 3.63) is 78.1 Å². The van der Waals surface area contributed by atoms with Crippen LogP contribution < -0.4 is 15.8 Å². The zero-order chi connectivity index (χ0) is 30.6. The Labute approximate surface area is 261 Å². The molecule has 0 radical (unpaired) electrons. The Morgan fingerprint density at radius 2 is 1.91 bits per heavy atom. The van der Waals surface area contributed by atoms with Crippen molar-refractivity contribution in [1.82, 2.24) is 19.8 Å². The molecule has 0 bridgehead atoms. The number of nitrogens with zero attached hydrogens (tertiary/aromatic N) is 3. The van der Waals surface area contributed by atoms with Gasteiger partial charge < -0.3 is 25.3 Å². The summed E-state index contributed by atoms with van der Waals surface area (Å²) >= 11 is 1.49. The number of hydrogen-bond donors (Lipinski definition) is 2. The molecule has 1 saturated heterocycles. The van der Waals surface area contributed by atoms with Crippen molar-refractivity contribution in [2.75, 3.05) is 25.4 Å². The fraction of sp³-hybridized carbons (Fsp3) is 0.353. The van der Waals surface area contributed by atoms with Crippen molar-refractivity contribution in [3.8, 4) is 16.9 Å². The first-order chi connectivity index (χ1) is 21.3. The summed E-state index contributed by atoms with van der Waals surface area (Å²) in [6.45, 7) is 4.01. The maximum Gasteiger partial charge on any atom is 0.321 e. The highest BCUT2D eigenvalue weighted by Gasteiger charge is 2.29. The molecule has 2 aliphatic heterocycles. The predicted molar refractivity (Wildman–Crippen MR) is 172 cm³/mol. The third-order valence-electron chi connectivity index (χ3n) is 8.27. The van der Waals surface area contributed by atoms with Crippen molar-refractivity contribution in [3.63, 3.8) is 0 Å². The molecule has 2 aliphatic rings. The van der Waals surface area contributed by atoms with E-state index in [4.69, 9.17) is 15.5 Å². The number of thioether (sulfide) groups is 1. The lowest BCUT2D eigenvalue weighted by Crippen LogP contribution is -2.42. The lowest BCUT2D eigenvalue weighted by molar-refractivity contribution is -0.133. The smallest absolute Gasteiger partial charge is 0.321 e. The Hall–Kier alpha value is -4.15. The highest BCUT2D eigenvalue weighted by molar-refractivity contribution is 8.00. The van der Waals surface area contributed by atoms with Crippen LogP contribution in [0.5, 0.6) is 5.75 Å². The Morgan fingerprint density at radius 1 is 1.11 bits per heavy atom. The summed E-state index contributed by atoms with van der Waals surface area (Å²) in [6.07, 6.45) is 2.76. The van der Waals surface area contributed by atoms with Crippen molar-refractivity contribution in [1.29, 1.82) is 0 Å². The first-order valence-electron chi connectivity index (χ1n) is 15.1. The summed E-state index contributed by atoms with van der Waals surface area (Å²) in [7, 11) is 0. The number of piperidine rings is 1. The number of fused-ring (bicyclic) bond motifs is 2. The van der Waals surface area contributed by atoms with Crippen LogP contribution >= 0.6 is 11.8 Å². The van der Waals surface area contributed by atoms with Gasteiger partial charge in [-0.2, -0.15) is 0 Å². The van der Waals surface area contributed by atoms with E-state index in [2.05, 4.69) is 46.3 Å². The SMILES string of the molecule is CC(=O)NCCn1c(C2CCCN(C(=O)CC(N)Cc3ccc(-c4ccc5c(c4)SCC(=O)O5)cc3)C2)nc2ccccc21. The molecule has 44 heavy (non-hydrogen) atoms. The standard InChI is InChI=1S/C34H37N5O4S/c1-22(40)36-14-16-39-29-7-3-2-6-28(29)37-34(39)26-5-4-15-38(20-26)32(41)19-27(35)17-23-8-10-24(11-9-23)25-12-13-30-31(18-25)44-21-33(42)43-30/h2-3,6-13,18,26-27H,4-5,14-17,19-21,35H2,1H3,(H,36,40). The maximum absolute atomic E-state index is 13.4. The summed E-state index contributed by atoms with van der Waals surface area (Å²) in [5, 5.41) is 2.89. The molecule has 4 aromatic rings. The molecule has 0 aliphatic carbocycles. The number of benzene rings is 3. The third kappa shape index (κ3) is 6.81. The molecule has 1 fully saturated rings. The molecule has 9 nitrogen and oxygen atoms in total. The number of carbonyl (C=O) groups excluding carboxylic acids is 3. The Balaban J connectivity index is 1.07. The largest absolute Gasteiger partial charge is 0.425 e. The lowest BCUT2D eigenvalue weighted by atomic mass is 9.95. The van der Waals surface area contributed by atoms with Gasteiger partial charge in [0, 0.05) is 51.5 Å². The number of ether oxygens (including phenoxy) is 1. The minimum absolute atomic E-state index is 0.0542. The van der Waals surface area contributed by atoms with Crippen LogP contribution in [-0.2, 0) is 27.3 Å². The van der Waals surface area contributed by atoms with Crippen molar-refractivity contribution in [2.24, 2.45) is 5.73 Å². The average molecular weight is 612 g/mol. The van der Waals surface area contributed by atoms with Crippen LogP contribution in [0.3, 0.4) is 0 Å². The summed E-state index contributed by atoms with van der Waals surface area (Å²) in [4.78, 5) is 44.3. The number of imidazole rings is 1. The molecular formula is C34H37N5O4S. The number of esters is 1. The summed E-state index contributed by atoms with van der Waals surface area (Å²) in [5.41, 5.74) is 11.7. The van der Waals surface area contributed by atoms with Gasteiger partial charge in [0.15, 0.2) is 0 Å². The van der Waals surface area contributed by atoms with E-state index in [1.807, 2.05) is 35.2 Å². The van der Waals surface area contributed by atoms with E-state index < -0.39 is 0 Å². The van der Waals surface area contributed by atoms with Gasteiger partial charge in [0.2, 0.25) is 11.8 Å². The van der Waals surface area contributed by atoms with Gasteiger partial charge in [0.1, 0.15) is 11.6 Å². The predicted octanol–water partition coefficient (Wildman–Crippen LogP) is 4.52. The summed E-state index contributed by atoms with van der Waals surface area (Å²) in [6, 6.07) is 21.9. The number of nitrogens with one attached hydrogen (secondary N) is 1. The molecule has 1 aromatic heterocycles. The Morgan fingerprint density at radius 3 is 2.73 bits per heavy atom. The number of amides is 2. The van der Waals surface area contributed by atoms with E-state index in [1.165, 1.54) is 18.7 Å². The van der Waals surface area contributed by atoms with Crippen LogP contribution in [0.2, 0.25) is 0 Å². The average Bonchev–Trinajstić information content (AvgIpc) is 3.39. The van der Waals surface area contributed by atoms with Gasteiger partial charge >= 0.3 is 5.97 Å². The van der Waals surface area contributed by atoms with Crippen LogP contribution in [-0.4, -0.2) is 63.7 Å². The van der Waals surface area contributed by atoms with Gasteiger partial charge in [-0.3, -0.25) is 14.4 Å². The highest BCUT2D eigenvalue weighted by Crippen LogP contribution is 2.37. The van der Waals surface area contributed by atoms with Gasteiger partial charge in [-0.15, -0.1) is 11.8 Å². The normalized spacial score (nSPS) is 17.2. The number of carbonyl (C=O) groups is 3. The topological polar surface area (TPSA) is 120 Å². The van der Waals surface area contributed by atoms with Crippen molar-refractivity contribution >= 4 is 40.6 Å². The number of aromatic nitrogens is 2. The number of nitrogens with two attached hydrogens (primary N) is 1. The number of hydrogen-bond acceptors (Lipinski definition) is 7. The summed E-state index contributed by atoms with van der Waals surface area (Å²) in [5.74, 6) is 1.83. The highest BCUT2D eigenvalue weighted by atomic mass is 32.2. The quantitative estimate of drug-likeness (QED) is 0.211. The fourth-order valence-corrected chi connectivity index (χ4v) is 6.93. The molecule has 6 rings (SSSR count). The molecule has 2 unspecified atom stereocenters. The van der Waals surface area contributed by atoms with Gasteiger partial charge in [0.05, 0.1) is 21.7 Å². The molecule has 3 aromatic carbocycles. The Bertz CT molecular complexity index is 1690. The van der Waals surface area contributed by atoms with E-state index in [0.29, 0.717) is 37.6 Å². The van der Waals surface area contributed by atoms with E-state index in [1.54, 1.807) is 0 Å². The van der Waals surface area contributed by atoms with Gasteiger partial charge in [-0.1, -0.05) is 42.5 Å². The fourth-order valence-electron chi connectivity index (χ4n) is 6.13. The number of para-hydroxylation sites is 2. The minimum atomic E-state index is -0.286. The second-order valence-electron chi connectivity index (χ2n) is 11.6. The van der Waals surface area contributed by atoms with E-state index in [0.717, 1.165) is 57.8 Å². The minimum Gasteiger partial charge on any atom is -0.425 e. The molecule has 0 spiro atoms. The summed E-state index contributed by atoms with van der Waals surface area (Å²) < 4.78 is 7.50. The molecule has 3 heterocycles.